The van der Waals surface area contributed by atoms with Crippen molar-refractivity contribution in [2.24, 2.45) is 11.3 Å². The summed E-state index contributed by atoms with van der Waals surface area (Å²) in [6.07, 6.45) is 0.889. The number of nitrogens with one attached hydrogen (secondary N) is 1. The maximum Gasteiger partial charge on any atom is 0.328 e. The van der Waals surface area contributed by atoms with Crippen molar-refractivity contribution in [2.45, 2.75) is 59.6 Å². The quantitative estimate of drug-likeness (QED) is 0.767. The number of hydrogen-bond acceptors (Lipinski definition) is 3. The van der Waals surface area contributed by atoms with Crippen LogP contribution in [0.25, 0.3) is 0 Å². The van der Waals surface area contributed by atoms with Crippen molar-refractivity contribution < 1.29 is 14.3 Å². The van der Waals surface area contributed by atoms with Gasteiger partial charge in [-0.05, 0) is 39.5 Å². The van der Waals surface area contributed by atoms with E-state index in [9.17, 15) is 9.59 Å². The summed E-state index contributed by atoms with van der Waals surface area (Å²) in [5.41, 5.74) is -0.438. The van der Waals surface area contributed by atoms with Gasteiger partial charge in [0.25, 0.3) is 0 Å². The van der Waals surface area contributed by atoms with Crippen LogP contribution in [-0.2, 0) is 14.3 Å². The number of hydrogen-bond donors (Lipinski definition) is 1. The Kier molecular flexibility index (Phi) is 3.55. The molecule has 1 amide bonds. The highest BCUT2D eigenvalue weighted by atomic mass is 16.6. The van der Waals surface area contributed by atoms with Gasteiger partial charge >= 0.3 is 5.97 Å². The summed E-state index contributed by atoms with van der Waals surface area (Å²) in [6, 6.07) is -0.585. The van der Waals surface area contributed by atoms with Crippen molar-refractivity contribution in [3.05, 3.63) is 0 Å². The van der Waals surface area contributed by atoms with Gasteiger partial charge in [-0.25, -0.2) is 4.79 Å². The molecule has 1 aliphatic carbocycles. The molecule has 1 unspecified atom stereocenters. The topological polar surface area (TPSA) is 55.4 Å². The molecule has 0 aromatic rings. The van der Waals surface area contributed by atoms with Crippen molar-refractivity contribution in [2.75, 3.05) is 0 Å². The lowest BCUT2D eigenvalue weighted by Crippen LogP contribution is -2.43. The van der Waals surface area contributed by atoms with Gasteiger partial charge in [0, 0.05) is 5.92 Å². The molecule has 1 fully saturated rings. The zero-order chi connectivity index (χ0) is 13.4. The summed E-state index contributed by atoms with van der Waals surface area (Å²) >= 11 is 0. The molecule has 2 atom stereocenters. The van der Waals surface area contributed by atoms with E-state index in [0.29, 0.717) is 0 Å². The lowest BCUT2D eigenvalue weighted by atomic mass is 10.1. The van der Waals surface area contributed by atoms with E-state index in [1.165, 1.54) is 0 Å². The predicted octanol–water partition coefficient (Wildman–Crippen LogP) is 1.88. The highest BCUT2D eigenvalue weighted by Crippen LogP contribution is 2.51. The lowest BCUT2D eigenvalue weighted by Gasteiger charge is -2.22. The minimum absolute atomic E-state index is 0.0346. The average Bonchev–Trinajstić information content (AvgIpc) is 2.72. The van der Waals surface area contributed by atoms with E-state index >= 15 is 0 Å². The number of carbonyl (C=O) groups is 2. The average molecular weight is 241 g/mol. The molecular formula is C13H23NO3. The summed E-state index contributed by atoms with van der Waals surface area (Å²) < 4.78 is 5.20. The van der Waals surface area contributed by atoms with Gasteiger partial charge in [0.2, 0.25) is 5.91 Å². The van der Waals surface area contributed by atoms with E-state index in [2.05, 4.69) is 19.2 Å². The molecule has 98 valence electrons. The number of ether oxygens (including phenoxy) is 1. The summed E-state index contributed by atoms with van der Waals surface area (Å²) in [4.78, 5) is 23.4. The first kappa shape index (κ1) is 14.0. The molecule has 1 N–H and O–H groups in total. The minimum atomic E-state index is -0.585. The highest BCUT2D eigenvalue weighted by molar-refractivity contribution is 5.87. The van der Waals surface area contributed by atoms with Crippen molar-refractivity contribution in [1.29, 1.82) is 0 Å². The first-order valence-electron chi connectivity index (χ1n) is 6.06. The third-order valence-electron chi connectivity index (χ3n) is 2.95. The van der Waals surface area contributed by atoms with E-state index in [1.54, 1.807) is 6.92 Å². The Morgan fingerprint density at radius 3 is 2.18 bits per heavy atom. The Hall–Kier alpha value is -1.06. The largest absolute Gasteiger partial charge is 0.458 e. The third-order valence-corrected chi connectivity index (χ3v) is 2.95. The van der Waals surface area contributed by atoms with Gasteiger partial charge in [0.1, 0.15) is 11.6 Å². The third kappa shape index (κ3) is 4.02. The Morgan fingerprint density at radius 2 is 1.82 bits per heavy atom. The predicted molar refractivity (Wildman–Crippen MR) is 65.3 cm³/mol. The monoisotopic (exact) mass is 241 g/mol. The first-order valence-corrected chi connectivity index (χ1v) is 6.06. The van der Waals surface area contributed by atoms with Crippen LogP contribution in [0.15, 0.2) is 0 Å². The van der Waals surface area contributed by atoms with Crippen LogP contribution in [0.3, 0.4) is 0 Å². The molecule has 0 saturated heterocycles. The maximum atomic E-state index is 11.8. The van der Waals surface area contributed by atoms with Gasteiger partial charge in [0.05, 0.1) is 0 Å². The number of carbonyl (C=O) groups excluding carboxylic acids is 2. The normalized spacial score (nSPS) is 23.8. The molecular weight excluding hydrogens is 218 g/mol. The SMILES string of the molecule is C[C@H](NC(=O)C1CC1(C)C)C(=O)OC(C)(C)C. The van der Waals surface area contributed by atoms with E-state index in [-0.39, 0.29) is 23.2 Å². The van der Waals surface area contributed by atoms with E-state index in [1.807, 2.05) is 20.8 Å². The zero-order valence-electron chi connectivity index (χ0n) is 11.6. The fraction of sp³-hybridized carbons (Fsp3) is 0.846. The second kappa shape index (κ2) is 4.31. The highest BCUT2D eigenvalue weighted by Gasteiger charge is 2.50. The van der Waals surface area contributed by atoms with Crippen molar-refractivity contribution in [1.82, 2.24) is 5.32 Å². The fourth-order valence-electron chi connectivity index (χ4n) is 1.68. The molecule has 1 saturated carbocycles. The van der Waals surface area contributed by atoms with Crippen LogP contribution in [0.2, 0.25) is 0 Å². The van der Waals surface area contributed by atoms with Gasteiger partial charge in [0.15, 0.2) is 0 Å². The fourth-order valence-corrected chi connectivity index (χ4v) is 1.68. The van der Waals surface area contributed by atoms with Gasteiger partial charge in [-0.2, -0.15) is 0 Å². The minimum Gasteiger partial charge on any atom is -0.458 e. The molecule has 4 nitrogen and oxygen atoms in total. The maximum absolute atomic E-state index is 11.8. The van der Waals surface area contributed by atoms with E-state index in [0.717, 1.165) is 6.42 Å². The van der Waals surface area contributed by atoms with Crippen LogP contribution in [0.4, 0.5) is 0 Å². The van der Waals surface area contributed by atoms with Crippen LogP contribution in [0.1, 0.15) is 48.0 Å². The molecule has 0 aromatic heterocycles. The van der Waals surface area contributed by atoms with Gasteiger partial charge in [-0.3, -0.25) is 4.79 Å². The first-order chi connectivity index (χ1) is 7.53. The molecule has 1 rings (SSSR count). The van der Waals surface area contributed by atoms with Crippen molar-refractivity contribution in [3.63, 3.8) is 0 Å². The molecule has 17 heavy (non-hydrogen) atoms. The smallest absolute Gasteiger partial charge is 0.328 e. The molecule has 4 heteroatoms. The van der Waals surface area contributed by atoms with Crippen LogP contribution in [0, 0.1) is 11.3 Å². The Labute approximate surface area is 103 Å². The van der Waals surface area contributed by atoms with Crippen molar-refractivity contribution in [3.8, 4) is 0 Å². The van der Waals surface area contributed by atoms with Gasteiger partial charge < -0.3 is 10.1 Å². The summed E-state index contributed by atoms with van der Waals surface area (Å²) in [7, 11) is 0. The summed E-state index contributed by atoms with van der Waals surface area (Å²) in [6.45, 7) is 11.2. The summed E-state index contributed by atoms with van der Waals surface area (Å²) in [5, 5.41) is 2.71. The number of esters is 1. The summed E-state index contributed by atoms with van der Waals surface area (Å²) in [5.74, 6) is -0.398. The Balaban J connectivity index is 2.42. The second-order valence-corrected chi connectivity index (χ2v) is 6.51. The molecule has 1 aliphatic rings. The molecule has 0 spiro atoms. The van der Waals surface area contributed by atoms with Gasteiger partial charge in [-0.1, -0.05) is 13.8 Å². The van der Waals surface area contributed by atoms with Crippen LogP contribution < -0.4 is 5.32 Å². The standard InChI is InChI=1S/C13H23NO3/c1-8(11(16)17-12(2,3)4)14-10(15)9-7-13(9,5)6/h8-9H,7H2,1-6H3,(H,14,15)/t8-,9?/m0/s1. The van der Waals surface area contributed by atoms with Crippen LogP contribution >= 0.6 is 0 Å². The second-order valence-electron chi connectivity index (χ2n) is 6.51. The van der Waals surface area contributed by atoms with Gasteiger partial charge in [-0.15, -0.1) is 0 Å². The molecule has 0 aliphatic heterocycles. The van der Waals surface area contributed by atoms with E-state index in [4.69, 9.17) is 4.74 Å². The lowest BCUT2D eigenvalue weighted by molar-refractivity contribution is -0.158. The number of rotatable bonds is 3. The molecule has 0 bridgehead atoms. The zero-order valence-corrected chi connectivity index (χ0v) is 11.6. The Bertz CT molecular complexity index is 328. The van der Waals surface area contributed by atoms with Crippen molar-refractivity contribution >= 4 is 11.9 Å². The molecule has 0 aromatic carbocycles. The van der Waals surface area contributed by atoms with Crippen LogP contribution in [-0.4, -0.2) is 23.5 Å². The van der Waals surface area contributed by atoms with Crippen LogP contribution in [0.5, 0.6) is 0 Å². The van der Waals surface area contributed by atoms with E-state index < -0.39 is 11.6 Å². The number of amides is 1. The molecule has 0 heterocycles. The molecule has 0 radical (unpaired) electrons. The Morgan fingerprint density at radius 1 is 1.35 bits per heavy atom.